The van der Waals surface area contributed by atoms with Gasteiger partial charge in [0.05, 0.1) is 12.0 Å². The van der Waals surface area contributed by atoms with Gasteiger partial charge < -0.3 is 25.3 Å². The van der Waals surface area contributed by atoms with Crippen LogP contribution < -0.4 is 10.9 Å². The molecule has 10 nitrogen and oxygen atoms in total. The summed E-state index contributed by atoms with van der Waals surface area (Å²) in [6.07, 6.45) is -2.37. The molecule has 0 aromatic carbocycles. The van der Waals surface area contributed by atoms with Gasteiger partial charge in [-0.1, -0.05) is 0 Å². The summed E-state index contributed by atoms with van der Waals surface area (Å²) in [4.78, 5) is 29.5. The molecule has 2 atom stereocenters. The molecule has 0 radical (unpaired) electrons. The number of hydrogen-bond donors (Lipinski definition) is 5. The molecule has 0 fully saturated rings. The van der Waals surface area contributed by atoms with Crippen molar-refractivity contribution in [1.29, 1.82) is 0 Å². The van der Waals surface area contributed by atoms with E-state index >= 15 is 0 Å². The van der Waals surface area contributed by atoms with E-state index in [4.69, 9.17) is 4.74 Å². The highest BCUT2D eigenvalue weighted by atomic mass is 16.6. The van der Waals surface area contributed by atoms with Crippen LogP contribution in [0, 0.1) is 0 Å². The Labute approximate surface area is 130 Å². The van der Waals surface area contributed by atoms with Gasteiger partial charge >= 0.3 is 6.09 Å². The average molecular weight is 325 g/mol. The second-order valence-electron chi connectivity index (χ2n) is 5.96. The van der Waals surface area contributed by atoms with E-state index in [2.05, 4.69) is 25.5 Å². The first-order valence-electron chi connectivity index (χ1n) is 6.93. The van der Waals surface area contributed by atoms with Crippen LogP contribution >= 0.6 is 0 Å². The molecule has 2 unspecified atom stereocenters. The minimum absolute atomic E-state index is 0.0211. The Kier molecular flexibility index (Phi) is 4.66. The van der Waals surface area contributed by atoms with Gasteiger partial charge in [-0.2, -0.15) is 5.10 Å². The molecule has 23 heavy (non-hydrogen) atoms. The van der Waals surface area contributed by atoms with E-state index < -0.39 is 29.5 Å². The number of ether oxygens (including phenoxy) is 1. The minimum atomic E-state index is -1.46. The highest BCUT2D eigenvalue weighted by Gasteiger charge is 2.25. The summed E-state index contributed by atoms with van der Waals surface area (Å²) in [6, 6.07) is 0. The average Bonchev–Trinajstić information content (AvgIpc) is 2.87. The molecule has 0 aliphatic carbocycles. The Bertz CT molecular complexity index is 747. The van der Waals surface area contributed by atoms with E-state index in [1.54, 1.807) is 20.8 Å². The number of rotatable bonds is 4. The molecule has 2 rings (SSSR count). The summed E-state index contributed by atoms with van der Waals surface area (Å²) in [5.74, 6) is 0. The summed E-state index contributed by atoms with van der Waals surface area (Å²) in [5.41, 5.74) is -1.03. The van der Waals surface area contributed by atoms with Crippen molar-refractivity contribution in [2.45, 2.75) is 38.6 Å². The molecule has 0 saturated heterocycles. The van der Waals surface area contributed by atoms with Crippen LogP contribution in [-0.2, 0) is 4.74 Å². The monoisotopic (exact) mass is 325 g/mol. The number of amides is 1. The van der Waals surface area contributed by atoms with Crippen molar-refractivity contribution >= 4 is 17.1 Å². The number of aromatic amines is 2. The van der Waals surface area contributed by atoms with Crippen LogP contribution in [0.4, 0.5) is 4.79 Å². The fourth-order valence-electron chi connectivity index (χ4n) is 1.91. The molecule has 2 heterocycles. The van der Waals surface area contributed by atoms with Gasteiger partial charge in [0.1, 0.15) is 23.2 Å². The van der Waals surface area contributed by atoms with Crippen molar-refractivity contribution in [3.8, 4) is 0 Å². The van der Waals surface area contributed by atoms with E-state index in [0.29, 0.717) is 0 Å². The SMILES string of the molecule is CC(C)(C)OC(=O)NCC(O)C(O)c1[nH]nc2nc[nH]c(=O)c12. The Morgan fingerprint density at radius 1 is 1.43 bits per heavy atom. The van der Waals surface area contributed by atoms with Crippen LogP contribution in [0.5, 0.6) is 0 Å². The summed E-state index contributed by atoms with van der Waals surface area (Å²) in [5, 5.41) is 28.8. The Morgan fingerprint density at radius 3 is 2.78 bits per heavy atom. The summed E-state index contributed by atoms with van der Waals surface area (Å²) in [6.45, 7) is 4.84. The Morgan fingerprint density at radius 2 is 2.13 bits per heavy atom. The number of alkyl carbamates (subject to hydrolysis) is 1. The molecule has 126 valence electrons. The smallest absolute Gasteiger partial charge is 0.407 e. The summed E-state index contributed by atoms with van der Waals surface area (Å²) in [7, 11) is 0. The number of nitrogens with one attached hydrogen (secondary N) is 3. The topological polar surface area (TPSA) is 153 Å². The van der Waals surface area contributed by atoms with Crippen molar-refractivity contribution in [1.82, 2.24) is 25.5 Å². The van der Waals surface area contributed by atoms with Crippen LogP contribution in [0.3, 0.4) is 0 Å². The van der Waals surface area contributed by atoms with Gasteiger partial charge in [0.25, 0.3) is 5.56 Å². The first-order chi connectivity index (χ1) is 10.7. The van der Waals surface area contributed by atoms with Crippen molar-refractivity contribution in [2.75, 3.05) is 6.54 Å². The van der Waals surface area contributed by atoms with Crippen molar-refractivity contribution < 1.29 is 19.7 Å². The van der Waals surface area contributed by atoms with Crippen LogP contribution in [0.1, 0.15) is 32.6 Å². The fourth-order valence-corrected chi connectivity index (χ4v) is 1.91. The van der Waals surface area contributed by atoms with Gasteiger partial charge in [0, 0.05) is 6.54 Å². The molecule has 0 bridgehead atoms. The maximum atomic E-state index is 11.8. The van der Waals surface area contributed by atoms with E-state index in [9.17, 15) is 19.8 Å². The van der Waals surface area contributed by atoms with Gasteiger partial charge in [-0.3, -0.25) is 9.89 Å². The minimum Gasteiger partial charge on any atom is -0.444 e. The number of aliphatic hydroxyl groups is 2. The van der Waals surface area contributed by atoms with Crippen molar-refractivity contribution in [3.05, 3.63) is 22.4 Å². The predicted octanol–water partition coefficient (Wildman–Crippen LogP) is -0.435. The zero-order valence-electron chi connectivity index (χ0n) is 13.0. The normalized spacial score (nSPS) is 14.5. The molecule has 0 aliphatic heterocycles. The molecule has 0 saturated carbocycles. The zero-order chi connectivity index (χ0) is 17.2. The second-order valence-corrected chi connectivity index (χ2v) is 5.96. The highest BCUT2D eigenvalue weighted by Crippen LogP contribution is 2.19. The van der Waals surface area contributed by atoms with Gasteiger partial charge in [-0.05, 0) is 20.8 Å². The number of aromatic nitrogens is 4. The number of hydrogen-bond acceptors (Lipinski definition) is 7. The lowest BCUT2D eigenvalue weighted by Crippen LogP contribution is -2.39. The first-order valence-corrected chi connectivity index (χ1v) is 6.93. The molecule has 10 heteroatoms. The van der Waals surface area contributed by atoms with E-state index in [1.807, 2.05) is 0 Å². The quantitative estimate of drug-likeness (QED) is 0.511. The lowest BCUT2D eigenvalue weighted by atomic mass is 10.1. The van der Waals surface area contributed by atoms with E-state index in [0.717, 1.165) is 0 Å². The van der Waals surface area contributed by atoms with Crippen LogP contribution in [0.15, 0.2) is 11.1 Å². The number of carbonyl (C=O) groups excluding carboxylic acids is 1. The number of nitrogens with zero attached hydrogens (tertiary/aromatic N) is 2. The third-order valence-electron chi connectivity index (χ3n) is 2.90. The Hall–Kier alpha value is -2.46. The highest BCUT2D eigenvalue weighted by molar-refractivity contribution is 5.76. The summed E-state index contributed by atoms with van der Waals surface area (Å²) >= 11 is 0. The molecule has 5 N–H and O–H groups in total. The molecule has 1 amide bonds. The third kappa shape index (κ3) is 4.05. The standard InChI is InChI=1S/C13H19N5O5/c1-13(2,3)23-12(22)14-4-6(19)9(20)8-7-10(18-17-8)15-5-16-11(7)21/h5-6,9,19-20H,4H2,1-3H3,(H,14,22)(H2,15,16,17,18,21). The lowest BCUT2D eigenvalue weighted by molar-refractivity contribution is 0.0115. The maximum Gasteiger partial charge on any atom is 0.407 e. The zero-order valence-corrected chi connectivity index (χ0v) is 13.0. The number of carbonyl (C=O) groups is 1. The number of aliphatic hydroxyl groups excluding tert-OH is 2. The van der Waals surface area contributed by atoms with Gasteiger partial charge in [0.2, 0.25) is 0 Å². The molecule has 0 spiro atoms. The fraction of sp³-hybridized carbons (Fsp3) is 0.538. The van der Waals surface area contributed by atoms with Crippen LogP contribution in [0.25, 0.3) is 11.0 Å². The number of H-pyrrole nitrogens is 2. The third-order valence-corrected chi connectivity index (χ3v) is 2.90. The largest absolute Gasteiger partial charge is 0.444 e. The van der Waals surface area contributed by atoms with Gasteiger partial charge in [-0.25, -0.2) is 9.78 Å². The predicted molar refractivity (Wildman–Crippen MR) is 79.7 cm³/mol. The summed E-state index contributed by atoms with van der Waals surface area (Å²) < 4.78 is 5.02. The lowest BCUT2D eigenvalue weighted by Gasteiger charge is -2.21. The van der Waals surface area contributed by atoms with Crippen molar-refractivity contribution in [3.63, 3.8) is 0 Å². The van der Waals surface area contributed by atoms with Crippen LogP contribution in [0.2, 0.25) is 0 Å². The van der Waals surface area contributed by atoms with Crippen LogP contribution in [-0.4, -0.2) is 54.7 Å². The second kappa shape index (κ2) is 6.34. The van der Waals surface area contributed by atoms with Gasteiger partial charge in [0.15, 0.2) is 5.65 Å². The molecular weight excluding hydrogens is 306 g/mol. The van der Waals surface area contributed by atoms with Crippen molar-refractivity contribution in [2.24, 2.45) is 0 Å². The number of fused-ring (bicyclic) bond motifs is 1. The van der Waals surface area contributed by atoms with E-state index in [-0.39, 0.29) is 23.3 Å². The first kappa shape index (κ1) is 16.9. The molecular formula is C13H19N5O5. The van der Waals surface area contributed by atoms with E-state index in [1.165, 1.54) is 6.33 Å². The molecule has 2 aromatic heterocycles. The molecule has 2 aromatic rings. The Balaban J connectivity index is 2.06. The van der Waals surface area contributed by atoms with Gasteiger partial charge in [-0.15, -0.1) is 0 Å². The molecule has 0 aliphatic rings. The maximum absolute atomic E-state index is 11.8.